The van der Waals surface area contributed by atoms with Gasteiger partial charge in [0.15, 0.2) is 0 Å². The first-order chi connectivity index (χ1) is 11.5. The van der Waals surface area contributed by atoms with Crippen molar-refractivity contribution in [3.8, 4) is 5.75 Å². The topological polar surface area (TPSA) is 81.1 Å². The van der Waals surface area contributed by atoms with E-state index in [0.717, 1.165) is 0 Å². The van der Waals surface area contributed by atoms with Crippen LogP contribution in [0.1, 0.15) is 11.4 Å². The molecule has 0 bridgehead atoms. The minimum Gasteiger partial charge on any atom is -0.434 e. The molecule has 0 aliphatic heterocycles. The Balaban J connectivity index is 1.89. The van der Waals surface area contributed by atoms with Crippen LogP contribution in [0.4, 0.5) is 14.5 Å². The molecular formula is C16H11F2N3O3. The summed E-state index contributed by atoms with van der Waals surface area (Å²) in [5.74, 6) is 0.493. The molecule has 3 aromatic rings. The molecule has 0 saturated heterocycles. The highest BCUT2D eigenvalue weighted by molar-refractivity contribution is 5.81. The molecular weight excluding hydrogens is 320 g/mol. The molecule has 6 nitrogen and oxygen atoms in total. The van der Waals surface area contributed by atoms with Crippen LogP contribution in [0.5, 0.6) is 5.75 Å². The van der Waals surface area contributed by atoms with Crippen molar-refractivity contribution in [2.45, 2.75) is 6.61 Å². The third-order valence-corrected chi connectivity index (χ3v) is 3.25. The highest BCUT2D eigenvalue weighted by Gasteiger charge is 2.09. The van der Waals surface area contributed by atoms with Gasteiger partial charge in [0.05, 0.1) is 16.0 Å². The summed E-state index contributed by atoms with van der Waals surface area (Å²) in [5, 5.41) is 10.8. The molecule has 122 valence electrons. The number of hydrogen-bond acceptors (Lipinski definition) is 4. The number of nitro benzene ring substituents is 1. The normalized spacial score (nSPS) is 11.5. The number of non-ortho nitro benzene ring substituents is 1. The molecule has 0 atom stereocenters. The molecule has 1 N–H and O–H groups in total. The zero-order valence-corrected chi connectivity index (χ0v) is 12.1. The number of alkyl halides is 2. The smallest absolute Gasteiger partial charge is 0.387 e. The fourth-order valence-electron chi connectivity index (χ4n) is 2.20. The van der Waals surface area contributed by atoms with E-state index in [4.69, 9.17) is 0 Å². The number of aromatic amines is 1. The molecule has 2 aromatic carbocycles. The SMILES string of the molecule is O=[N+]([O-])c1ccc2nc(C=Cc3ccccc3OC(F)F)[nH]c2c1. The Kier molecular flexibility index (Phi) is 4.19. The average molecular weight is 331 g/mol. The second-order valence-electron chi connectivity index (χ2n) is 4.83. The number of H-pyrrole nitrogens is 1. The summed E-state index contributed by atoms with van der Waals surface area (Å²) < 4.78 is 29.2. The van der Waals surface area contributed by atoms with Crippen LogP contribution in [-0.4, -0.2) is 21.5 Å². The van der Waals surface area contributed by atoms with E-state index in [1.807, 2.05) is 0 Å². The number of nitrogens with one attached hydrogen (secondary N) is 1. The van der Waals surface area contributed by atoms with E-state index in [1.54, 1.807) is 30.4 Å². The molecule has 0 amide bonds. The first-order valence-corrected chi connectivity index (χ1v) is 6.89. The predicted octanol–water partition coefficient (Wildman–Crippen LogP) is 4.24. The first-order valence-electron chi connectivity index (χ1n) is 6.89. The number of imidazole rings is 1. The molecule has 0 aliphatic rings. The highest BCUT2D eigenvalue weighted by Crippen LogP contribution is 2.23. The first kappa shape index (κ1) is 15.6. The van der Waals surface area contributed by atoms with E-state index in [-0.39, 0.29) is 11.4 Å². The number of rotatable bonds is 5. The maximum atomic E-state index is 12.4. The maximum absolute atomic E-state index is 12.4. The van der Waals surface area contributed by atoms with Gasteiger partial charge in [0.2, 0.25) is 0 Å². The summed E-state index contributed by atoms with van der Waals surface area (Å²) in [6.07, 6.45) is 3.16. The van der Waals surface area contributed by atoms with E-state index in [2.05, 4.69) is 14.7 Å². The van der Waals surface area contributed by atoms with E-state index in [0.29, 0.717) is 22.4 Å². The van der Waals surface area contributed by atoms with Crippen LogP contribution in [0, 0.1) is 10.1 Å². The van der Waals surface area contributed by atoms with Gasteiger partial charge in [-0.3, -0.25) is 10.1 Å². The molecule has 0 saturated carbocycles. The Morgan fingerprint density at radius 3 is 2.75 bits per heavy atom. The molecule has 3 rings (SSSR count). The van der Waals surface area contributed by atoms with Crippen LogP contribution in [0.3, 0.4) is 0 Å². The van der Waals surface area contributed by atoms with Crippen molar-refractivity contribution in [1.82, 2.24) is 9.97 Å². The van der Waals surface area contributed by atoms with Crippen LogP contribution in [0.2, 0.25) is 0 Å². The van der Waals surface area contributed by atoms with Crippen molar-refractivity contribution in [2.75, 3.05) is 0 Å². The summed E-state index contributed by atoms with van der Waals surface area (Å²) in [6, 6.07) is 10.6. The summed E-state index contributed by atoms with van der Waals surface area (Å²) in [4.78, 5) is 17.5. The van der Waals surface area contributed by atoms with Crippen molar-refractivity contribution in [1.29, 1.82) is 0 Å². The van der Waals surface area contributed by atoms with Gasteiger partial charge < -0.3 is 9.72 Å². The zero-order valence-electron chi connectivity index (χ0n) is 12.1. The van der Waals surface area contributed by atoms with Gasteiger partial charge in [-0.15, -0.1) is 0 Å². The number of nitro groups is 1. The number of aromatic nitrogens is 2. The van der Waals surface area contributed by atoms with Crippen molar-refractivity contribution in [3.63, 3.8) is 0 Å². The quantitative estimate of drug-likeness (QED) is 0.560. The second kappa shape index (κ2) is 6.45. The minimum atomic E-state index is -2.91. The average Bonchev–Trinajstić information content (AvgIpc) is 2.95. The number of nitrogens with zero attached hydrogens (tertiary/aromatic N) is 2. The van der Waals surface area contributed by atoms with E-state index >= 15 is 0 Å². The van der Waals surface area contributed by atoms with Crippen molar-refractivity contribution >= 4 is 28.9 Å². The largest absolute Gasteiger partial charge is 0.434 e. The molecule has 0 unspecified atom stereocenters. The molecule has 1 aromatic heterocycles. The van der Waals surface area contributed by atoms with Crippen LogP contribution >= 0.6 is 0 Å². The number of halogens is 2. The number of ether oxygens (including phenoxy) is 1. The number of benzene rings is 2. The molecule has 8 heteroatoms. The minimum absolute atomic E-state index is 0.0441. The molecule has 0 fully saturated rings. The van der Waals surface area contributed by atoms with Crippen LogP contribution in [-0.2, 0) is 0 Å². The zero-order chi connectivity index (χ0) is 17.1. The molecule has 0 spiro atoms. The molecule has 0 aliphatic carbocycles. The molecule has 1 heterocycles. The second-order valence-corrected chi connectivity index (χ2v) is 4.83. The predicted molar refractivity (Wildman–Crippen MR) is 84.8 cm³/mol. The summed E-state index contributed by atoms with van der Waals surface area (Å²) in [6.45, 7) is -2.91. The van der Waals surface area contributed by atoms with Gasteiger partial charge >= 0.3 is 6.61 Å². The lowest BCUT2D eigenvalue weighted by Gasteiger charge is -2.06. The lowest BCUT2D eigenvalue weighted by molar-refractivity contribution is -0.384. The highest BCUT2D eigenvalue weighted by atomic mass is 19.3. The van der Waals surface area contributed by atoms with Crippen LogP contribution in [0.15, 0.2) is 42.5 Å². The van der Waals surface area contributed by atoms with Gasteiger partial charge in [0, 0.05) is 17.7 Å². The Morgan fingerprint density at radius 2 is 2.00 bits per heavy atom. The Labute approximate surface area is 134 Å². The third kappa shape index (κ3) is 3.37. The summed E-state index contributed by atoms with van der Waals surface area (Å²) in [5.41, 5.74) is 1.50. The third-order valence-electron chi connectivity index (χ3n) is 3.25. The van der Waals surface area contributed by atoms with E-state index in [1.165, 1.54) is 24.3 Å². The lowest BCUT2D eigenvalue weighted by Crippen LogP contribution is -2.02. The summed E-state index contributed by atoms with van der Waals surface area (Å²) >= 11 is 0. The van der Waals surface area contributed by atoms with Gasteiger partial charge in [-0.05, 0) is 24.3 Å². The number of fused-ring (bicyclic) bond motifs is 1. The Hall–Kier alpha value is -3.29. The van der Waals surface area contributed by atoms with Gasteiger partial charge in [-0.2, -0.15) is 8.78 Å². The standard InChI is InChI=1S/C16H11F2N3O3/c17-16(18)24-14-4-2-1-3-10(14)5-8-15-19-12-7-6-11(21(22)23)9-13(12)20-15/h1-9,16H,(H,19,20). The van der Waals surface area contributed by atoms with Gasteiger partial charge in [0.1, 0.15) is 11.6 Å². The number of para-hydroxylation sites is 1. The number of hydrogen-bond donors (Lipinski definition) is 1. The van der Waals surface area contributed by atoms with E-state index in [9.17, 15) is 18.9 Å². The van der Waals surface area contributed by atoms with Gasteiger partial charge in [0.25, 0.3) is 5.69 Å². The Morgan fingerprint density at radius 1 is 1.21 bits per heavy atom. The van der Waals surface area contributed by atoms with Gasteiger partial charge in [-0.25, -0.2) is 4.98 Å². The lowest BCUT2D eigenvalue weighted by atomic mass is 10.2. The van der Waals surface area contributed by atoms with Gasteiger partial charge in [-0.1, -0.05) is 18.2 Å². The fraction of sp³-hybridized carbons (Fsp3) is 0.0625. The van der Waals surface area contributed by atoms with Crippen molar-refractivity contribution < 1.29 is 18.4 Å². The van der Waals surface area contributed by atoms with Crippen molar-refractivity contribution in [2.24, 2.45) is 0 Å². The van der Waals surface area contributed by atoms with Crippen molar-refractivity contribution in [3.05, 3.63) is 64.0 Å². The van der Waals surface area contributed by atoms with Crippen LogP contribution < -0.4 is 4.74 Å². The molecule has 0 radical (unpaired) electrons. The molecule has 24 heavy (non-hydrogen) atoms. The fourth-order valence-corrected chi connectivity index (χ4v) is 2.20. The monoisotopic (exact) mass is 331 g/mol. The Bertz CT molecular complexity index is 922. The van der Waals surface area contributed by atoms with Crippen LogP contribution in [0.25, 0.3) is 23.2 Å². The summed E-state index contributed by atoms with van der Waals surface area (Å²) in [7, 11) is 0. The van der Waals surface area contributed by atoms with E-state index < -0.39 is 11.5 Å². The maximum Gasteiger partial charge on any atom is 0.387 e.